The number of benzene rings is 3. The molecule has 0 unspecified atom stereocenters. The molecule has 224 valence electrons. The molecule has 0 saturated carbocycles. The monoisotopic (exact) mass is 615 g/mol. The lowest BCUT2D eigenvalue weighted by Gasteiger charge is -2.43. The maximum atomic E-state index is 12.9. The van der Waals surface area contributed by atoms with Gasteiger partial charge in [0.15, 0.2) is 6.23 Å². The Kier molecular flexibility index (Phi) is 9.63. The molecule has 1 saturated heterocycles. The largest absolute Gasteiger partial charge is 0.405 e. The number of amides is 1. The second-order valence-corrected chi connectivity index (χ2v) is 16.9. The zero-order valence-electron chi connectivity index (χ0n) is 24.6. The Balaban J connectivity index is 1.28. The van der Waals surface area contributed by atoms with Gasteiger partial charge in [0.25, 0.3) is 8.32 Å². The Morgan fingerprint density at radius 1 is 1.00 bits per heavy atom. The molecule has 1 aromatic heterocycles. The molecule has 1 aliphatic rings. The highest BCUT2D eigenvalue weighted by Gasteiger charge is 2.51. The van der Waals surface area contributed by atoms with Gasteiger partial charge in [-0.05, 0) is 33.6 Å². The number of nitrogens with zero attached hydrogens (tertiary/aromatic N) is 2. The van der Waals surface area contributed by atoms with Crippen molar-refractivity contribution in [1.29, 1.82) is 0 Å². The molecule has 3 aromatic carbocycles. The zero-order valence-corrected chi connectivity index (χ0v) is 26.4. The van der Waals surface area contributed by atoms with Gasteiger partial charge in [-0.2, -0.15) is 4.98 Å². The molecule has 5 rings (SSSR count). The van der Waals surface area contributed by atoms with Gasteiger partial charge in [-0.25, -0.2) is 4.79 Å². The maximum absolute atomic E-state index is 12.9. The first-order valence-corrected chi connectivity index (χ1v) is 17.2. The van der Waals surface area contributed by atoms with Gasteiger partial charge < -0.3 is 19.6 Å². The summed E-state index contributed by atoms with van der Waals surface area (Å²) in [5.74, 6) is 0.0712. The Morgan fingerprint density at radius 3 is 2.14 bits per heavy atom. The van der Waals surface area contributed by atoms with Crippen LogP contribution < -0.4 is 21.4 Å². The molecule has 0 aliphatic carbocycles. The van der Waals surface area contributed by atoms with Gasteiger partial charge in [-0.3, -0.25) is 9.36 Å². The Labute approximate surface area is 257 Å². The van der Waals surface area contributed by atoms with Crippen molar-refractivity contribution in [2.75, 3.05) is 17.7 Å². The summed E-state index contributed by atoms with van der Waals surface area (Å²) < 4.78 is 14.5. The number of nitrogens with one attached hydrogen (secondary N) is 1. The van der Waals surface area contributed by atoms with E-state index in [1.807, 2.05) is 66.7 Å². The number of carbonyl (C=O) groups excluding carboxylic acids is 1. The molecule has 43 heavy (non-hydrogen) atoms. The molecule has 0 spiro atoms. The number of carbonyl (C=O) groups is 1. The van der Waals surface area contributed by atoms with E-state index in [1.165, 1.54) is 28.6 Å². The van der Waals surface area contributed by atoms with Crippen molar-refractivity contribution < 1.29 is 19.1 Å². The summed E-state index contributed by atoms with van der Waals surface area (Å²) in [6.07, 6.45) is -0.456. The number of anilines is 1. The van der Waals surface area contributed by atoms with Crippen LogP contribution in [0.4, 0.5) is 5.82 Å². The van der Waals surface area contributed by atoms with E-state index in [0.717, 1.165) is 15.3 Å². The summed E-state index contributed by atoms with van der Waals surface area (Å²) in [5.41, 5.74) is -0.619. The number of thioether (sulfide) groups is 1. The quantitative estimate of drug-likeness (QED) is 0.204. The van der Waals surface area contributed by atoms with Gasteiger partial charge in [-0.15, -0.1) is 11.8 Å². The van der Waals surface area contributed by atoms with E-state index in [9.17, 15) is 14.7 Å². The van der Waals surface area contributed by atoms with Crippen molar-refractivity contribution in [3.05, 3.63) is 114 Å². The van der Waals surface area contributed by atoms with Gasteiger partial charge in [0.05, 0.1) is 18.5 Å². The minimum absolute atomic E-state index is 0.152. The van der Waals surface area contributed by atoms with E-state index < -0.39 is 32.4 Å². The minimum atomic E-state index is -2.79. The third-order valence-corrected chi connectivity index (χ3v) is 13.6. The van der Waals surface area contributed by atoms with Crippen LogP contribution in [-0.2, 0) is 14.0 Å². The van der Waals surface area contributed by atoms with Crippen LogP contribution in [0.2, 0.25) is 5.04 Å². The SMILES string of the molecule is CC(C)(C)[Si](OC[C@@H]1C[C@H](O)[C@H](n2ccc(NC(=O)CSc3ccccc3)nc2=O)O1)(c1ccccc1)c1ccccc1. The van der Waals surface area contributed by atoms with Gasteiger partial charge in [0.2, 0.25) is 5.91 Å². The van der Waals surface area contributed by atoms with Crippen molar-refractivity contribution >= 4 is 42.2 Å². The number of ether oxygens (including phenoxy) is 1. The fraction of sp³-hybridized carbons (Fsp3) is 0.303. The predicted molar refractivity (Wildman–Crippen MR) is 172 cm³/mol. The van der Waals surface area contributed by atoms with E-state index in [2.05, 4.69) is 55.3 Å². The fourth-order valence-electron chi connectivity index (χ4n) is 5.59. The summed E-state index contributed by atoms with van der Waals surface area (Å²) in [5, 5.41) is 15.7. The second-order valence-electron chi connectivity index (χ2n) is 11.6. The second kappa shape index (κ2) is 13.4. The highest BCUT2D eigenvalue weighted by atomic mass is 32.2. The number of aromatic nitrogens is 2. The molecular formula is C33H37N3O5SSi. The van der Waals surface area contributed by atoms with E-state index in [0.29, 0.717) is 6.42 Å². The van der Waals surface area contributed by atoms with Crippen LogP contribution in [0.15, 0.2) is 113 Å². The number of hydrogen-bond acceptors (Lipinski definition) is 7. The summed E-state index contributed by atoms with van der Waals surface area (Å²) in [4.78, 5) is 30.3. The van der Waals surface area contributed by atoms with E-state index in [1.54, 1.807) is 0 Å². The first-order chi connectivity index (χ1) is 20.7. The summed E-state index contributed by atoms with van der Waals surface area (Å²) >= 11 is 1.40. The van der Waals surface area contributed by atoms with Crippen molar-refractivity contribution in [3.8, 4) is 0 Å². The molecule has 0 bridgehead atoms. The van der Waals surface area contributed by atoms with Crippen LogP contribution in [-0.4, -0.2) is 53.4 Å². The summed E-state index contributed by atoms with van der Waals surface area (Å²) in [7, 11) is -2.79. The highest BCUT2D eigenvalue weighted by molar-refractivity contribution is 8.00. The van der Waals surface area contributed by atoms with Crippen molar-refractivity contribution in [2.45, 2.75) is 55.6 Å². The summed E-state index contributed by atoms with van der Waals surface area (Å²) in [6.45, 7) is 6.88. The molecule has 1 fully saturated rings. The van der Waals surface area contributed by atoms with Crippen LogP contribution in [0, 0.1) is 0 Å². The molecule has 8 nitrogen and oxygen atoms in total. The lowest BCUT2D eigenvalue weighted by molar-refractivity contribution is -0.113. The van der Waals surface area contributed by atoms with Gasteiger partial charge in [-0.1, -0.05) is 99.6 Å². The van der Waals surface area contributed by atoms with Crippen LogP contribution in [0.3, 0.4) is 0 Å². The van der Waals surface area contributed by atoms with Crippen molar-refractivity contribution in [2.24, 2.45) is 0 Å². The van der Waals surface area contributed by atoms with E-state index >= 15 is 0 Å². The fourth-order valence-corrected chi connectivity index (χ4v) is 10.9. The Morgan fingerprint density at radius 2 is 1.58 bits per heavy atom. The lowest BCUT2D eigenvalue weighted by Crippen LogP contribution is -2.67. The Bertz CT molecular complexity index is 1520. The van der Waals surface area contributed by atoms with Crippen LogP contribution in [0.1, 0.15) is 33.4 Å². The topological polar surface area (TPSA) is 103 Å². The first kappa shape index (κ1) is 30.9. The predicted octanol–water partition coefficient (Wildman–Crippen LogP) is 4.20. The molecule has 4 aromatic rings. The molecule has 2 N–H and O–H groups in total. The average molecular weight is 616 g/mol. The third-order valence-electron chi connectivity index (χ3n) is 7.55. The number of aliphatic hydroxyl groups is 1. The molecule has 10 heteroatoms. The zero-order chi connectivity index (χ0) is 30.5. The van der Waals surface area contributed by atoms with Crippen LogP contribution >= 0.6 is 11.8 Å². The molecule has 2 heterocycles. The normalized spacial score (nSPS) is 18.8. The van der Waals surface area contributed by atoms with Crippen LogP contribution in [0.25, 0.3) is 0 Å². The van der Waals surface area contributed by atoms with Gasteiger partial charge in [0, 0.05) is 17.5 Å². The smallest absolute Gasteiger partial charge is 0.351 e. The van der Waals surface area contributed by atoms with E-state index in [4.69, 9.17) is 9.16 Å². The maximum Gasteiger partial charge on any atom is 0.351 e. The minimum Gasteiger partial charge on any atom is -0.405 e. The first-order valence-electron chi connectivity index (χ1n) is 14.3. The molecule has 0 radical (unpaired) electrons. The molecule has 1 amide bonds. The van der Waals surface area contributed by atoms with Crippen molar-refractivity contribution in [1.82, 2.24) is 9.55 Å². The van der Waals surface area contributed by atoms with Crippen molar-refractivity contribution in [3.63, 3.8) is 0 Å². The standard InChI is InChI=1S/C33H37N3O5SSi/c1-33(2,3)43(26-15-9-5-10-16-26,27-17-11-6-12-18-27)40-22-24-21-28(37)31(41-24)36-20-19-29(35-32(36)39)34-30(38)23-42-25-13-7-4-8-14-25/h4-20,24,28,31,37H,21-23H2,1-3H3,(H,34,35,38,39)/t24-,28-,31+/m0/s1. The van der Waals surface area contributed by atoms with Gasteiger partial charge >= 0.3 is 5.69 Å². The molecule has 3 atom stereocenters. The van der Waals surface area contributed by atoms with Crippen LogP contribution in [0.5, 0.6) is 0 Å². The van der Waals surface area contributed by atoms with Gasteiger partial charge in [0.1, 0.15) is 11.9 Å². The highest BCUT2D eigenvalue weighted by Crippen LogP contribution is 2.38. The summed E-state index contributed by atoms with van der Waals surface area (Å²) in [6, 6.07) is 31.8. The molecule has 1 aliphatic heterocycles. The number of hydrogen-bond donors (Lipinski definition) is 2. The molecular weight excluding hydrogens is 579 g/mol. The average Bonchev–Trinajstić information content (AvgIpc) is 3.37. The van der Waals surface area contributed by atoms with E-state index in [-0.39, 0.29) is 29.1 Å². The third kappa shape index (κ3) is 7.00. The number of aliphatic hydroxyl groups excluding tert-OH is 1. The lowest BCUT2D eigenvalue weighted by atomic mass is 10.2. The Hall–Kier alpha value is -3.54. The number of rotatable bonds is 10.